The first-order valence-electron chi connectivity index (χ1n) is 9.80. The molecular weight excluding hydrogens is 398 g/mol. The number of hydrogen-bond acceptors (Lipinski definition) is 4. The lowest BCUT2D eigenvalue weighted by Crippen LogP contribution is -2.35. The summed E-state index contributed by atoms with van der Waals surface area (Å²) in [6, 6.07) is 14.7. The van der Waals surface area contributed by atoms with Crippen molar-refractivity contribution in [3.63, 3.8) is 0 Å². The number of benzene rings is 1. The summed E-state index contributed by atoms with van der Waals surface area (Å²) in [7, 11) is 0. The van der Waals surface area contributed by atoms with Crippen molar-refractivity contribution in [1.82, 2.24) is 15.2 Å². The predicted molar refractivity (Wildman–Crippen MR) is 118 cm³/mol. The van der Waals surface area contributed by atoms with Gasteiger partial charge in [-0.1, -0.05) is 12.1 Å². The van der Waals surface area contributed by atoms with E-state index in [9.17, 15) is 9.90 Å². The molecule has 7 heteroatoms. The lowest BCUT2D eigenvalue weighted by atomic mass is 10.0. The highest BCUT2D eigenvalue weighted by atomic mass is 32.1. The standard InChI is InChI=1S/C23H23N3O3S/c1-13(2)26-21(20(25-23(26)30)17-6-4-5-11-24-17)19-10-9-18(29-19)16-8-7-15(22(27)28)12-14(16)3/h4-13,20-21H,1-3H3,(H,25,30)(H,27,28)/t20-,21-/m1/s1. The molecule has 1 saturated heterocycles. The van der Waals surface area contributed by atoms with Crippen LogP contribution in [0.3, 0.4) is 0 Å². The Balaban J connectivity index is 1.74. The maximum absolute atomic E-state index is 11.2. The molecule has 0 aliphatic carbocycles. The van der Waals surface area contributed by atoms with E-state index >= 15 is 0 Å². The number of carboxylic acids is 1. The molecule has 154 valence electrons. The number of thiocarbonyl (C=S) groups is 1. The molecule has 2 atom stereocenters. The number of carbonyl (C=O) groups is 1. The number of pyridine rings is 1. The molecular formula is C23H23N3O3S. The fourth-order valence-corrected chi connectivity index (χ4v) is 4.41. The van der Waals surface area contributed by atoms with Gasteiger partial charge in [0.2, 0.25) is 0 Å². The quantitative estimate of drug-likeness (QED) is 0.577. The van der Waals surface area contributed by atoms with Gasteiger partial charge in [0.05, 0.1) is 17.3 Å². The first kappa shape index (κ1) is 20.1. The second kappa shape index (κ2) is 7.91. The highest BCUT2D eigenvalue weighted by molar-refractivity contribution is 7.80. The summed E-state index contributed by atoms with van der Waals surface area (Å²) in [5.74, 6) is 0.533. The number of aromatic nitrogens is 1. The Bertz CT molecular complexity index is 1090. The van der Waals surface area contributed by atoms with Crippen LogP contribution in [0.25, 0.3) is 11.3 Å². The molecule has 0 amide bonds. The number of aromatic carboxylic acids is 1. The van der Waals surface area contributed by atoms with Gasteiger partial charge in [-0.05, 0) is 75.0 Å². The topological polar surface area (TPSA) is 78.6 Å². The lowest BCUT2D eigenvalue weighted by molar-refractivity contribution is 0.0697. The van der Waals surface area contributed by atoms with Gasteiger partial charge in [0.25, 0.3) is 0 Å². The van der Waals surface area contributed by atoms with E-state index in [2.05, 4.69) is 29.0 Å². The Kier molecular flexibility index (Phi) is 5.30. The summed E-state index contributed by atoms with van der Waals surface area (Å²) in [6.07, 6.45) is 1.77. The van der Waals surface area contributed by atoms with Crippen LogP contribution in [0.1, 0.15) is 53.3 Å². The van der Waals surface area contributed by atoms with Crippen LogP contribution in [-0.4, -0.2) is 32.1 Å². The van der Waals surface area contributed by atoms with Gasteiger partial charge in [-0.25, -0.2) is 4.79 Å². The van der Waals surface area contributed by atoms with Crippen LogP contribution in [0.5, 0.6) is 0 Å². The molecule has 30 heavy (non-hydrogen) atoms. The van der Waals surface area contributed by atoms with Crippen LogP contribution in [0, 0.1) is 6.92 Å². The van der Waals surface area contributed by atoms with Gasteiger partial charge < -0.3 is 19.7 Å². The number of carboxylic acid groups (broad SMARTS) is 1. The normalized spacial score (nSPS) is 18.7. The average molecular weight is 422 g/mol. The molecule has 2 aromatic heterocycles. The van der Waals surface area contributed by atoms with E-state index in [1.807, 2.05) is 37.3 Å². The molecule has 3 heterocycles. The zero-order valence-corrected chi connectivity index (χ0v) is 17.8. The number of furan rings is 1. The minimum atomic E-state index is -0.943. The minimum absolute atomic E-state index is 0.129. The van der Waals surface area contributed by atoms with Crippen molar-refractivity contribution in [3.05, 3.63) is 77.3 Å². The molecule has 1 aliphatic rings. The van der Waals surface area contributed by atoms with Crippen LogP contribution in [0.15, 0.2) is 59.1 Å². The highest BCUT2D eigenvalue weighted by Crippen LogP contribution is 2.41. The molecule has 4 rings (SSSR count). The van der Waals surface area contributed by atoms with Crippen LogP contribution < -0.4 is 5.32 Å². The molecule has 0 spiro atoms. The third kappa shape index (κ3) is 3.57. The SMILES string of the molecule is Cc1cc(C(=O)O)ccc1-c1ccc([C@@H]2[C@@H](c3ccccn3)NC(=S)N2C(C)C)o1. The second-order valence-corrected chi connectivity index (χ2v) is 8.05. The summed E-state index contributed by atoms with van der Waals surface area (Å²) in [4.78, 5) is 17.9. The molecule has 0 saturated carbocycles. The Morgan fingerprint density at radius 3 is 2.67 bits per heavy atom. The van der Waals surface area contributed by atoms with Crippen molar-refractivity contribution >= 4 is 23.3 Å². The third-order valence-corrected chi connectivity index (χ3v) is 5.68. The molecule has 6 nitrogen and oxygen atoms in total. The van der Waals surface area contributed by atoms with Crippen LogP contribution >= 0.6 is 12.2 Å². The van der Waals surface area contributed by atoms with Gasteiger partial charge in [0.15, 0.2) is 5.11 Å². The number of nitrogens with zero attached hydrogens (tertiary/aromatic N) is 2. The number of rotatable bonds is 5. The molecule has 0 bridgehead atoms. The zero-order valence-electron chi connectivity index (χ0n) is 17.0. The van der Waals surface area contributed by atoms with Gasteiger partial charge in [0, 0.05) is 17.8 Å². The van der Waals surface area contributed by atoms with Gasteiger partial charge in [-0.2, -0.15) is 0 Å². The summed E-state index contributed by atoms with van der Waals surface area (Å²) in [6.45, 7) is 6.08. The number of nitrogens with one attached hydrogen (secondary N) is 1. The van der Waals surface area contributed by atoms with Gasteiger partial charge in [-0.3, -0.25) is 4.98 Å². The van der Waals surface area contributed by atoms with Crippen molar-refractivity contribution in [2.75, 3.05) is 0 Å². The number of aryl methyl sites for hydroxylation is 1. The lowest BCUT2D eigenvalue weighted by Gasteiger charge is -2.29. The maximum atomic E-state index is 11.2. The molecule has 1 fully saturated rings. The Morgan fingerprint density at radius 2 is 2.03 bits per heavy atom. The summed E-state index contributed by atoms with van der Waals surface area (Å²) < 4.78 is 6.30. The molecule has 2 N–H and O–H groups in total. The van der Waals surface area contributed by atoms with Gasteiger partial charge >= 0.3 is 5.97 Å². The van der Waals surface area contributed by atoms with E-state index in [0.717, 1.165) is 22.6 Å². The van der Waals surface area contributed by atoms with Crippen molar-refractivity contribution in [1.29, 1.82) is 0 Å². The Hall–Kier alpha value is -3.19. The third-order valence-electron chi connectivity index (χ3n) is 5.35. The number of hydrogen-bond donors (Lipinski definition) is 2. The van der Waals surface area contributed by atoms with E-state index in [0.29, 0.717) is 10.9 Å². The first-order valence-corrected chi connectivity index (χ1v) is 10.2. The Morgan fingerprint density at radius 1 is 1.23 bits per heavy atom. The fraction of sp³-hybridized carbons (Fsp3) is 0.261. The predicted octanol–water partition coefficient (Wildman–Crippen LogP) is 4.73. The van der Waals surface area contributed by atoms with E-state index in [1.165, 1.54) is 0 Å². The molecule has 1 aliphatic heterocycles. The molecule has 1 aromatic carbocycles. The first-order chi connectivity index (χ1) is 14.4. The van der Waals surface area contributed by atoms with E-state index in [1.54, 1.807) is 24.4 Å². The molecule has 3 aromatic rings. The van der Waals surface area contributed by atoms with E-state index in [4.69, 9.17) is 16.6 Å². The molecule has 0 unspecified atom stereocenters. The fourth-order valence-electron chi connectivity index (χ4n) is 3.96. The van der Waals surface area contributed by atoms with Gasteiger partial charge in [0.1, 0.15) is 17.6 Å². The monoisotopic (exact) mass is 421 g/mol. The van der Waals surface area contributed by atoms with Crippen molar-refractivity contribution < 1.29 is 14.3 Å². The summed E-state index contributed by atoms with van der Waals surface area (Å²) in [5.41, 5.74) is 2.87. The van der Waals surface area contributed by atoms with Gasteiger partial charge in [-0.15, -0.1) is 0 Å². The highest BCUT2D eigenvalue weighted by Gasteiger charge is 2.42. The average Bonchev–Trinajstić information content (AvgIpc) is 3.32. The van der Waals surface area contributed by atoms with Crippen molar-refractivity contribution in [3.8, 4) is 11.3 Å². The maximum Gasteiger partial charge on any atom is 0.335 e. The van der Waals surface area contributed by atoms with E-state index < -0.39 is 5.97 Å². The minimum Gasteiger partial charge on any atom is -0.478 e. The van der Waals surface area contributed by atoms with E-state index in [-0.39, 0.29) is 23.7 Å². The molecule has 0 radical (unpaired) electrons. The summed E-state index contributed by atoms with van der Waals surface area (Å²) >= 11 is 5.62. The zero-order chi connectivity index (χ0) is 21.4. The van der Waals surface area contributed by atoms with Crippen LogP contribution in [-0.2, 0) is 0 Å². The van der Waals surface area contributed by atoms with Crippen LogP contribution in [0.2, 0.25) is 0 Å². The Labute approximate surface area is 180 Å². The van der Waals surface area contributed by atoms with Crippen molar-refractivity contribution in [2.45, 2.75) is 38.9 Å². The van der Waals surface area contributed by atoms with Crippen molar-refractivity contribution in [2.24, 2.45) is 0 Å². The second-order valence-electron chi connectivity index (χ2n) is 7.66. The smallest absolute Gasteiger partial charge is 0.335 e. The largest absolute Gasteiger partial charge is 0.478 e. The van der Waals surface area contributed by atoms with Crippen LogP contribution in [0.4, 0.5) is 0 Å². The summed E-state index contributed by atoms with van der Waals surface area (Å²) in [5, 5.41) is 13.3.